The maximum Gasteiger partial charge on any atom is 0.407 e. The van der Waals surface area contributed by atoms with E-state index in [0.29, 0.717) is 6.54 Å². The summed E-state index contributed by atoms with van der Waals surface area (Å²) in [5.41, 5.74) is 4.38. The fourth-order valence-corrected chi connectivity index (χ4v) is 5.03. The number of carbonyl (C=O) groups excluding carboxylic acids is 2. The summed E-state index contributed by atoms with van der Waals surface area (Å²) in [5.74, 6) is -1.59. The zero-order valence-electron chi connectivity index (χ0n) is 20.0. The minimum absolute atomic E-state index is 0.0914. The minimum Gasteiger partial charge on any atom is -0.481 e. The van der Waals surface area contributed by atoms with Crippen molar-refractivity contribution in [3.05, 3.63) is 59.7 Å². The van der Waals surface area contributed by atoms with E-state index in [4.69, 9.17) is 4.74 Å². The van der Waals surface area contributed by atoms with Gasteiger partial charge in [-0.15, -0.1) is 0 Å². The van der Waals surface area contributed by atoms with Gasteiger partial charge in [0.15, 0.2) is 0 Å². The molecule has 8 heteroatoms. The number of nitrogens with one attached hydrogen (secondary N) is 2. The van der Waals surface area contributed by atoms with E-state index in [9.17, 15) is 19.5 Å². The third kappa shape index (κ3) is 6.19. The first-order valence-electron chi connectivity index (χ1n) is 12.3. The number of alkyl carbamates (subject to hydrolysis) is 1. The number of carbonyl (C=O) groups is 3. The maximum atomic E-state index is 12.7. The van der Waals surface area contributed by atoms with Crippen molar-refractivity contribution in [2.45, 2.75) is 38.1 Å². The quantitative estimate of drug-likeness (QED) is 0.483. The van der Waals surface area contributed by atoms with Gasteiger partial charge in [-0.3, -0.25) is 9.59 Å². The summed E-state index contributed by atoms with van der Waals surface area (Å²) in [6.45, 7) is 5.58. The fourth-order valence-electron chi connectivity index (χ4n) is 5.03. The number of aliphatic carboxylic acids is 1. The Labute approximate surface area is 205 Å². The molecule has 2 aromatic rings. The lowest BCUT2D eigenvalue weighted by molar-refractivity contribution is -0.139. The summed E-state index contributed by atoms with van der Waals surface area (Å²) in [5, 5.41) is 14.5. The van der Waals surface area contributed by atoms with Gasteiger partial charge in [-0.1, -0.05) is 55.5 Å². The van der Waals surface area contributed by atoms with Gasteiger partial charge in [-0.2, -0.15) is 0 Å². The zero-order chi connectivity index (χ0) is 24.8. The lowest BCUT2D eigenvalue weighted by atomic mass is 9.98. The summed E-state index contributed by atoms with van der Waals surface area (Å²) in [4.78, 5) is 38.9. The predicted octanol–water partition coefficient (Wildman–Crippen LogP) is 3.22. The first-order valence-corrected chi connectivity index (χ1v) is 12.3. The molecule has 0 spiro atoms. The smallest absolute Gasteiger partial charge is 0.407 e. The highest BCUT2D eigenvalue weighted by atomic mass is 16.5. The highest BCUT2D eigenvalue weighted by Gasteiger charge is 2.30. The van der Waals surface area contributed by atoms with Crippen LogP contribution in [0.15, 0.2) is 48.5 Å². The molecule has 2 amide bonds. The van der Waals surface area contributed by atoms with Gasteiger partial charge in [0.05, 0.1) is 6.42 Å². The number of amides is 2. The minimum atomic E-state index is -1.21. The average Bonchev–Trinajstić information content (AvgIpc) is 3.46. The average molecular weight is 480 g/mol. The Hall–Kier alpha value is -3.39. The van der Waals surface area contributed by atoms with Crippen LogP contribution in [0.4, 0.5) is 4.79 Å². The van der Waals surface area contributed by atoms with Crippen molar-refractivity contribution in [1.82, 2.24) is 15.5 Å². The largest absolute Gasteiger partial charge is 0.481 e. The van der Waals surface area contributed by atoms with E-state index in [-0.39, 0.29) is 18.4 Å². The van der Waals surface area contributed by atoms with Crippen LogP contribution in [0, 0.1) is 5.92 Å². The van der Waals surface area contributed by atoms with Crippen LogP contribution >= 0.6 is 0 Å². The lowest BCUT2D eigenvalue weighted by Gasteiger charge is -2.22. The number of carboxylic acid groups (broad SMARTS) is 1. The molecule has 1 saturated heterocycles. The van der Waals surface area contributed by atoms with Crippen LogP contribution in [0.2, 0.25) is 0 Å². The molecule has 3 N–H and O–H groups in total. The molecular weight excluding hydrogens is 446 g/mol. The molecule has 2 aliphatic rings. The topological polar surface area (TPSA) is 108 Å². The highest BCUT2D eigenvalue weighted by Crippen LogP contribution is 2.44. The van der Waals surface area contributed by atoms with E-state index in [0.717, 1.165) is 41.9 Å². The highest BCUT2D eigenvalue weighted by molar-refractivity contribution is 5.89. The second-order valence-electron chi connectivity index (χ2n) is 9.48. The monoisotopic (exact) mass is 479 g/mol. The van der Waals surface area contributed by atoms with Crippen LogP contribution in [0.1, 0.15) is 43.2 Å². The Balaban J connectivity index is 1.32. The van der Waals surface area contributed by atoms with Crippen LogP contribution in [0.25, 0.3) is 11.1 Å². The molecule has 0 saturated carbocycles. The van der Waals surface area contributed by atoms with Crippen LogP contribution in [0.3, 0.4) is 0 Å². The van der Waals surface area contributed by atoms with Gasteiger partial charge in [-0.05, 0) is 54.1 Å². The molecule has 0 radical (unpaired) electrons. The molecule has 8 nitrogen and oxygen atoms in total. The Morgan fingerprint density at radius 2 is 1.63 bits per heavy atom. The number of hydrogen-bond acceptors (Lipinski definition) is 5. The Morgan fingerprint density at radius 3 is 2.23 bits per heavy atom. The zero-order valence-corrected chi connectivity index (χ0v) is 20.0. The molecular formula is C27H33N3O5. The van der Waals surface area contributed by atoms with Crippen molar-refractivity contribution < 1.29 is 24.2 Å². The number of nitrogens with zero attached hydrogens (tertiary/aromatic N) is 1. The van der Waals surface area contributed by atoms with Crippen LogP contribution in [-0.2, 0) is 14.3 Å². The number of benzene rings is 2. The molecule has 4 rings (SSSR count). The number of carboxylic acids is 1. The van der Waals surface area contributed by atoms with Gasteiger partial charge in [0.1, 0.15) is 12.6 Å². The molecule has 186 valence electrons. The first kappa shape index (κ1) is 24.7. The van der Waals surface area contributed by atoms with Crippen molar-refractivity contribution in [1.29, 1.82) is 0 Å². The Morgan fingerprint density at radius 1 is 1.03 bits per heavy atom. The number of ether oxygens (including phenoxy) is 1. The normalized spacial score (nSPS) is 16.7. The van der Waals surface area contributed by atoms with Crippen molar-refractivity contribution in [3.63, 3.8) is 0 Å². The fraction of sp³-hybridized carbons (Fsp3) is 0.444. The molecule has 1 aliphatic carbocycles. The molecule has 0 bridgehead atoms. The summed E-state index contributed by atoms with van der Waals surface area (Å²) >= 11 is 0. The van der Waals surface area contributed by atoms with Gasteiger partial charge >= 0.3 is 12.1 Å². The first-order chi connectivity index (χ1) is 16.9. The second kappa shape index (κ2) is 11.4. The number of rotatable bonds is 10. The molecule has 0 aromatic heterocycles. The van der Waals surface area contributed by atoms with Crippen molar-refractivity contribution in [3.8, 4) is 11.1 Å². The SMILES string of the molecule is CC(CNC(=O)C(CC(=O)O)NC(=O)OCC1c2ccccc2-c2ccccc21)CN1CCCC1. The molecule has 2 atom stereocenters. The molecule has 1 fully saturated rings. The van der Waals surface area contributed by atoms with E-state index < -0.39 is 30.4 Å². The van der Waals surface area contributed by atoms with E-state index in [1.165, 1.54) is 12.8 Å². The molecule has 1 heterocycles. The summed E-state index contributed by atoms with van der Waals surface area (Å²) in [6.07, 6.45) is 1.07. The van der Waals surface area contributed by atoms with E-state index in [1.54, 1.807) is 0 Å². The van der Waals surface area contributed by atoms with Crippen molar-refractivity contribution >= 4 is 18.0 Å². The number of likely N-dealkylation sites (tertiary alicyclic amines) is 1. The maximum absolute atomic E-state index is 12.7. The van der Waals surface area contributed by atoms with Crippen LogP contribution < -0.4 is 10.6 Å². The third-order valence-electron chi connectivity index (χ3n) is 6.72. The van der Waals surface area contributed by atoms with E-state index in [1.807, 2.05) is 55.5 Å². The second-order valence-corrected chi connectivity index (χ2v) is 9.48. The van der Waals surface area contributed by atoms with Gasteiger partial charge in [0.25, 0.3) is 0 Å². The van der Waals surface area contributed by atoms with Crippen molar-refractivity contribution in [2.24, 2.45) is 5.92 Å². The predicted molar refractivity (Wildman–Crippen MR) is 132 cm³/mol. The van der Waals surface area contributed by atoms with Gasteiger partial charge in [0.2, 0.25) is 5.91 Å². The summed E-state index contributed by atoms with van der Waals surface area (Å²) in [7, 11) is 0. The van der Waals surface area contributed by atoms with Crippen LogP contribution in [-0.4, -0.2) is 66.8 Å². The molecule has 1 aliphatic heterocycles. The lowest BCUT2D eigenvalue weighted by Crippen LogP contribution is -2.49. The number of hydrogen-bond donors (Lipinski definition) is 3. The third-order valence-corrected chi connectivity index (χ3v) is 6.72. The van der Waals surface area contributed by atoms with Gasteiger partial charge in [0, 0.05) is 19.0 Å². The molecule has 35 heavy (non-hydrogen) atoms. The standard InChI is InChI=1S/C27H33N3O5/c1-18(16-30-12-6-7-13-30)15-28-26(33)24(14-25(31)32)29-27(34)35-17-23-21-10-4-2-8-19(21)20-9-3-5-11-22(20)23/h2-5,8-11,18,23-24H,6-7,12-17H2,1H3,(H,28,33)(H,29,34)(H,31,32). The number of fused-ring (bicyclic) bond motifs is 3. The van der Waals surface area contributed by atoms with Crippen LogP contribution in [0.5, 0.6) is 0 Å². The Kier molecular flexibility index (Phi) is 8.02. The van der Waals surface area contributed by atoms with Gasteiger partial charge < -0.3 is 25.4 Å². The molecule has 2 aromatic carbocycles. The van der Waals surface area contributed by atoms with Crippen molar-refractivity contribution in [2.75, 3.05) is 32.8 Å². The van der Waals surface area contributed by atoms with E-state index >= 15 is 0 Å². The van der Waals surface area contributed by atoms with Gasteiger partial charge in [-0.25, -0.2) is 4.79 Å². The summed E-state index contributed by atoms with van der Waals surface area (Å²) in [6, 6.07) is 14.8. The Bertz CT molecular complexity index is 1020. The van der Waals surface area contributed by atoms with E-state index in [2.05, 4.69) is 15.5 Å². The molecule has 2 unspecified atom stereocenters. The summed E-state index contributed by atoms with van der Waals surface area (Å²) < 4.78 is 5.49.